The number of halogens is 1. The Morgan fingerprint density at radius 2 is 1.93 bits per heavy atom. The Labute approximate surface area is 92.0 Å². The first kappa shape index (κ1) is 11.3. The summed E-state index contributed by atoms with van der Waals surface area (Å²) in [5.41, 5.74) is 0. The van der Waals surface area contributed by atoms with Gasteiger partial charge in [0.15, 0.2) is 0 Å². The van der Waals surface area contributed by atoms with Crippen molar-refractivity contribution in [3.8, 4) is 0 Å². The van der Waals surface area contributed by atoms with Crippen molar-refractivity contribution in [3.05, 3.63) is 0 Å². The van der Waals surface area contributed by atoms with Crippen LogP contribution in [0.2, 0.25) is 0 Å². The summed E-state index contributed by atoms with van der Waals surface area (Å²) < 4.78 is 14.3. The number of hydrogen-bond acceptors (Lipinski definition) is 2. The summed E-state index contributed by atoms with van der Waals surface area (Å²) in [6, 6.07) is 0.123. The maximum absolute atomic E-state index is 14.3. The minimum absolute atomic E-state index is 0.123. The zero-order chi connectivity index (χ0) is 10.5. The van der Waals surface area contributed by atoms with Crippen molar-refractivity contribution in [1.29, 1.82) is 0 Å². The molecule has 0 radical (unpaired) electrons. The summed E-state index contributed by atoms with van der Waals surface area (Å²) in [5, 5.41) is 6.68. The van der Waals surface area contributed by atoms with Crippen LogP contribution in [0, 0.1) is 5.92 Å². The van der Waals surface area contributed by atoms with Gasteiger partial charge in [0.1, 0.15) is 6.17 Å². The molecule has 0 aromatic rings. The van der Waals surface area contributed by atoms with Crippen molar-refractivity contribution in [2.24, 2.45) is 5.92 Å². The van der Waals surface area contributed by atoms with Gasteiger partial charge < -0.3 is 10.6 Å². The van der Waals surface area contributed by atoms with Gasteiger partial charge in [0.05, 0.1) is 0 Å². The van der Waals surface area contributed by atoms with Crippen LogP contribution in [-0.4, -0.2) is 31.8 Å². The van der Waals surface area contributed by atoms with Crippen molar-refractivity contribution in [1.82, 2.24) is 10.6 Å². The lowest BCUT2D eigenvalue weighted by atomic mass is 9.89. The first-order valence-electron chi connectivity index (χ1n) is 6.46. The van der Waals surface area contributed by atoms with E-state index in [2.05, 4.69) is 10.6 Å². The van der Waals surface area contributed by atoms with Crippen molar-refractivity contribution < 1.29 is 4.39 Å². The van der Waals surface area contributed by atoms with Crippen LogP contribution in [0.15, 0.2) is 0 Å². The summed E-state index contributed by atoms with van der Waals surface area (Å²) in [6.45, 7) is 2.95. The van der Waals surface area contributed by atoms with E-state index in [0.717, 1.165) is 38.9 Å². The highest BCUT2D eigenvalue weighted by Crippen LogP contribution is 2.23. The van der Waals surface area contributed by atoms with Crippen LogP contribution in [0.3, 0.4) is 0 Å². The Bertz CT molecular complexity index is 172. The molecular formula is C12H23FN2. The quantitative estimate of drug-likeness (QED) is 0.733. The van der Waals surface area contributed by atoms with Crippen LogP contribution in [0.5, 0.6) is 0 Å². The van der Waals surface area contributed by atoms with E-state index in [1.165, 1.54) is 19.3 Å². The summed E-state index contributed by atoms with van der Waals surface area (Å²) in [6.07, 6.45) is 6.25. The van der Waals surface area contributed by atoms with Gasteiger partial charge in [0.2, 0.25) is 0 Å². The third-order valence-corrected chi connectivity index (χ3v) is 3.77. The molecule has 2 nitrogen and oxygen atoms in total. The molecule has 0 aromatic carbocycles. The van der Waals surface area contributed by atoms with E-state index >= 15 is 0 Å². The molecule has 3 unspecified atom stereocenters. The van der Waals surface area contributed by atoms with Crippen LogP contribution in [0.4, 0.5) is 4.39 Å². The lowest BCUT2D eigenvalue weighted by Gasteiger charge is -2.31. The van der Waals surface area contributed by atoms with Gasteiger partial charge in [0.25, 0.3) is 0 Å². The normalized spacial score (nSPS) is 35.8. The molecule has 3 heteroatoms. The van der Waals surface area contributed by atoms with E-state index in [4.69, 9.17) is 0 Å². The minimum Gasteiger partial charge on any atom is -0.316 e. The number of piperidine rings is 1. The van der Waals surface area contributed by atoms with Crippen molar-refractivity contribution >= 4 is 0 Å². The largest absolute Gasteiger partial charge is 0.316 e. The number of alkyl halides is 1. The molecule has 2 heterocycles. The molecule has 2 N–H and O–H groups in total. The molecule has 15 heavy (non-hydrogen) atoms. The molecular weight excluding hydrogens is 191 g/mol. The zero-order valence-electron chi connectivity index (χ0n) is 9.47. The Morgan fingerprint density at radius 1 is 1.00 bits per heavy atom. The summed E-state index contributed by atoms with van der Waals surface area (Å²) >= 11 is 0. The highest BCUT2D eigenvalue weighted by atomic mass is 19.1. The highest BCUT2D eigenvalue weighted by molar-refractivity contribution is 4.86. The second-order valence-electron chi connectivity index (χ2n) is 4.96. The number of hydrogen-bond donors (Lipinski definition) is 2. The first-order chi connectivity index (χ1) is 7.38. The van der Waals surface area contributed by atoms with E-state index in [1.54, 1.807) is 0 Å². The number of nitrogens with one attached hydrogen (secondary N) is 2. The molecule has 2 rings (SSSR count). The van der Waals surface area contributed by atoms with Crippen molar-refractivity contribution in [2.75, 3.05) is 19.6 Å². The van der Waals surface area contributed by atoms with Gasteiger partial charge in [-0.05, 0) is 38.8 Å². The van der Waals surface area contributed by atoms with Crippen LogP contribution in [0.25, 0.3) is 0 Å². The maximum atomic E-state index is 14.3. The lowest BCUT2D eigenvalue weighted by Crippen LogP contribution is -2.45. The predicted octanol–water partition coefficient (Wildman–Crippen LogP) is 1.86. The third kappa shape index (κ3) is 3.15. The highest BCUT2D eigenvalue weighted by Gasteiger charge is 2.30. The van der Waals surface area contributed by atoms with E-state index < -0.39 is 6.17 Å². The van der Waals surface area contributed by atoms with Gasteiger partial charge in [-0.15, -0.1) is 0 Å². The van der Waals surface area contributed by atoms with Crippen LogP contribution >= 0.6 is 0 Å². The predicted molar refractivity (Wildman–Crippen MR) is 60.7 cm³/mol. The first-order valence-corrected chi connectivity index (χ1v) is 6.46. The number of rotatable bonds is 2. The molecule has 88 valence electrons. The van der Waals surface area contributed by atoms with Gasteiger partial charge in [-0.25, -0.2) is 4.39 Å². The standard InChI is InChI=1S/C12H23FN2/c13-12(10-5-4-7-14-9-10)11-6-2-1-3-8-15-11/h10-12,14-15H,1-9H2. The Morgan fingerprint density at radius 3 is 2.73 bits per heavy atom. The topological polar surface area (TPSA) is 24.1 Å². The zero-order valence-corrected chi connectivity index (χ0v) is 9.47. The monoisotopic (exact) mass is 214 g/mol. The molecule has 2 saturated heterocycles. The molecule has 0 bridgehead atoms. The molecule has 2 aliphatic heterocycles. The minimum atomic E-state index is -0.643. The summed E-state index contributed by atoms with van der Waals surface area (Å²) in [5.74, 6) is 0.245. The molecule has 2 fully saturated rings. The van der Waals surface area contributed by atoms with Gasteiger partial charge in [-0.1, -0.05) is 12.8 Å². The van der Waals surface area contributed by atoms with Gasteiger partial charge in [0, 0.05) is 18.5 Å². The maximum Gasteiger partial charge on any atom is 0.119 e. The Hall–Kier alpha value is -0.150. The molecule has 2 aliphatic rings. The van der Waals surface area contributed by atoms with E-state index in [1.807, 2.05) is 0 Å². The molecule has 3 atom stereocenters. The molecule has 0 saturated carbocycles. The fourth-order valence-electron chi connectivity index (χ4n) is 2.81. The fraction of sp³-hybridized carbons (Fsp3) is 1.00. The van der Waals surface area contributed by atoms with Gasteiger partial charge >= 0.3 is 0 Å². The smallest absolute Gasteiger partial charge is 0.119 e. The Kier molecular flexibility index (Phi) is 4.39. The Balaban J connectivity index is 1.83. The summed E-state index contributed by atoms with van der Waals surface area (Å²) in [7, 11) is 0. The molecule has 0 aliphatic carbocycles. The fourth-order valence-corrected chi connectivity index (χ4v) is 2.81. The lowest BCUT2D eigenvalue weighted by molar-refractivity contribution is 0.143. The second-order valence-corrected chi connectivity index (χ2v) is 4.96. The van der Waals surface area contributed by atoms with Gasteiger partial charge in [-0.3, -0.25) is 0 Å². The van der Waals surface area contributed by atoms with E-state index in [9.17, 15) is 4.39 Å². The SMILES string of the molecule is FC(C1CCCNC1)C1CCCCCN1. The average Bonchev–Trinajstić information content (AvgIpc) is 2.58. The molecule has 0 spiro atoms. The molecule has 0 amide bonds. The van der Waals surface area contributed by atoms with Crippen LogP contribution in [-0.2, 0) is 0 Å². The van der Waals surface area contributed by atoms with Crippen LogP contribution in [0.1, 0.15) is 38.5 Å². The van der Waals surface area contributed by atoms with E-state index in [0.29, 0.717) is 0 Å². The second kappa shape index (κ2) is 5.80. The molecule has 0 aromatic heterocycles. The van der Waals surface area contributed by atoms with Gasteiger partial charge in [-0.2, -0.15) is 0 Å². The van der Waals surface area contributed by atoms with Crippen molar-refractivity contribution in [3.63, 3.8) is 0 Å². The summed E-state index contributed by atoms with van der Waals surface area (Å²) in [4.78, 5) is 0. The average molecular weight is 214 g/mol. The van der Waals surface area contributed by atoms with Crippen LogP contribution < -0.4 is 10.6 Å². The van der Waals surface area contributed by atoms with Crippen molar-refractivity contribution in [2.45, 2.75) is 50.7 Å². The van der Waals surface area contributed by atoms with E-state index in [-0.39, 0.29) is 12.0 Å². The third-order valence-electron chi connectivity index (χ3n) is 3.77.